The summed E-state index contributed by atoms with van der Waals surface area (Å²) in [4.78, 5) is 19.4. The van der Waals surface area contributed by atoms with Crippen LogP contribution >= 0.6 is 0 Å². The Morgan fingerprint density at radius 1 is 1.50 bits per heavy atom. The van der Waals surface area contributed by atoms with E-state index in [9.17, 15) is 4.79 Å². The predicted octanol–water partition coefficient (Wildman–Crippen LogP) is 1.43. The molecule has 1 aromatic carbocycles. The van der Waals surface area contributed by atoms with E-state index in [-0.39, 0.29) is 5.97 Å². The van der Waals surface area contributed by atoms with Crippen LogP contribution in [0.2, 0.25) is 0 Å². The van der Waals surface area contributed by atoms with Crippen LogP contribution in [0.25, 0.3) is 11.0 Å². The minimum atomic E-state index is -0.291. The van der Waals surface area contributed by atoms with E-state index < -0.39 is 0 Å². The molecule has 1 aliphatic rings. The number of hydrogen-bond donors (Lipinski definition) is 2. The predicted molar refractivity (Wildman–Crippen MR) is 67.7 cm³/mol. The normalized spacial score (nSPS) is 15.6. The van der Waals surface area contributed by atoms with E-state index in [0.717, 1.165) is 29.9 Å². The molecule has 0 amide bonds. The molecule has 1 saturated heterocycles. The van der Waals surface area contributed by atoms with Gasteiger partial charge < -0.3 is 15.0 Å². The maximum atomic E-state index is 11.6. The van der Waals surface area contributed by atoms with E-state index in [4.69, 9.17) is 4.74 Å². The molecule has 0 aliphatic carbocycles. The van der Waals surface area contributed by atoms with E-state index in [1.807, 2.05) is 6.07 Å². The molecule has 0 bridgehead atoms. The fourth-order valence-corrected chi connectivity index (χ4v) is 2.05. The highest BCUT2D eigenvalue weighted by atomic mass is 16.5. The van der Waals surface area contributed by atoms with Gasteiger partial charge in [-0.25, -0.2) is 9.78 Å². The maximum Gasteiger partial charge on any atom is 0.338 e. The number of fused-ring (bicyclic) bond motifs is 1. The number of H-pyrrole nitrogens is 1. The first-order valence-corrected chi connectivity index (χ1v) is 6.15. The summed E-state index contributed by atoms with van der Waals surface area (Å²) in [5, 5.41) is 3.22. The van der Waals surface area contributed by atoms with Crippen LogP contribution in [0.15, 0.2) is 18.2 Å². The number of ether oxygens (including phenoxy) is 1. The Kier molecular flexibility index (Phi) is 2.76. The number of esters is 1. The van der Waals surface area contributed by atoms with Gasteiger partial charge >= 0.3 is 5.97 Å². The first kappa shape index (κ1) is 11.2. The van der Waals surface area contributed by atoms with Crippen molar-refractivity contribution in [2.75, 3.05) is 19.7 Å². The van der Waals surface area contributed by atoms with Crippen LogP contribution in [-0.4, -0.2) is 35.6 Å². The van der Waals surface area contributed by atoms with E-state index >= 15 is 0 Å². The number of nitrogens with zero attached hydrogens (tertiary/aromatic N) is 1. The zero-order valence-corrected chi connectivity index (χ0v) is 10.2. The molecule has 1 fully saturated rings. The molecular weight excluding hydrogens is 230 g/mol. The van der Waals surface area contributed by atoms with Gasteiger partial charge in [0.05, 0.1) is 23.2 Å². The number of nitrogens with one attached hydrogen (secondary N) is 2. The topological polar surface area (TPSA) is 67.0 Å². The molecule has 0 radical (unpaired) electrons. The van der Waals surface area contributed by atoms with Gasteiger partial charge in [-0.3, -0.25) is 0 Å². The first-order valence-electron chi connectivity index (χ1n) is 6.15. The van der Waals surface area contributed by atoms with Gasteiger partial charge in [0.25, 0.3) is 0 Å². The third kappa shape index (κ3) is 1.86. The SMILES string of the molecule is CCOC(=O)c1ccc2nc(C3CNC3)[nH]c2c1. The third-order valence-electron chi connectivity index (χ3n) is 3.18. The van der Waals surface area contributed by atoms with Crippen LogP contribution in [0.5, 0.6) is 0 Å². The second-order valence-electron chi connectivity index (χ2n) is 4.43. The monoisotopic (exact) mass is 245 g/mol. The van der Waals surface area contributed by atoms with Crippen molar-refractivity contribution >= 4 is 17.0 Å². The highest BCUT2D eigenvalue weighted by molar-refractivity contribution is 5.93. The Hall–Kier alpha value is -1.88. The van der Waals surface area contributed by atoms with E-state index in [1.165, 1.54) is 0 Å². The average Bonchev–Trinajstić information content (AvgIpc) is 2.68. The molecule has 18 heavy (non-hydrogen) atoms. The first-order chi connectivity index (χ1) is 8.78. The minimum absolute atomic E-state index is 0.291. The molecule has 2 heterocycles. The molecule has 0 spiro atoms. The van der Waals surface area contributed by atoms with Crippen molar-refractivity contribution in [2.45, 2.75) is 12.8 Å². The number of carbonyl (C=O) groups is 1. The van der Waals surface area contributed by atoms with E-state index in [1.54, 1.807) is 19.1 Å². The smallest absolute Gasteiger partial charge is 0.338 e. The largest absolute Gasteiger partial charge is 0.462 e. The summed E-state index contributed by atoms with van der Waals surface area (Å²) in [5.74, 6) is 1.16. The van der Waals surface area contributed by atoms with Crippen LogP contribution < -0.4 is 5.32 Å². The number of hydrogen-bond acceptors (Lipinski definition) is 4. The van der Waals surface area contributed by atoms with Gasteiger partial charge in [-0.05, 0) is 25.1 Å². The Bertz CT molecular complexity index is 587. The molecule has 1 aromatic heterocycles. The second-order valence-corrected chi connectivity index (χ2v) is 4.43. The van der Waals surface area contributed by atoms with Crippen molar-refractivity contribution in [3.05, 3.63) is 29.6 Å². The molecule has 2 aromatic rings. The molecule has 0 unspecified atom stereocenters. The Labute approximate surface area is 105 Å². The lowest BCUT2D eigenvalue weighted by Crippen LogP contribution is -2.40. The molecule has 0 saturated carbocycles. The van der Waals surface area contributed by atoms with Crippen molar-refractivity contribution < 1.29 is 9.53 Å². The molecular formula is C13H15N3O2. The highest BCUT2D eigenvalue weighted by Gasteiger charge is 2.22. The Morgan fingerprint density at radius 2 is 2.33 bits per heavy atom. The van der Waals surface area contributed by atoms with Crippen LogP contribution in [-0.2, 0) is 4.74 Å². The van der Waals surface area contributed by atoms with Gasteiger partial charge in [-0.15, -0.1) is 0 Å². The van der Waals surface area contributed by atoms with Gasteiger partial charge in [0, 0.05) is 19.0 Å². The molecule has 1 aliphatic heterocycles. The van der Waals surface area contributed by atoms with Crippen molar-refractivity contribution in [1.82, 2.24) is 15.3 Å². The number of aromatic amines is 1. The van der Waals surface area contributed by atoms with Gasteiger partial charge in [0.2, 0.25) is 0 Å². The fourth-order valence-electron chi connectivity index (χ4n) is 2.05. The summed E-state index contributed by atoms with van der Waals surface area (Å²) in [6.07, 6.45) is 0. The number of benzene rings is 1. The number of rotatable bonds is 3. The number of imidazole rings is 1. The Balaban J connectivity index is 1.93. The molecule has 5 heteroatoms. The summed E-state index contributed by atoms with van der Waals surface area (Å²) in [6.45, 7) is 4.11. The van der Waals surface area contributed by atoms with Crippen LogP contribution in [0.4, 0.5) is 0 Å². The average molecular weight is 245 g/mol. The van der Waals surface area contributed by atoms with Crippen LogP contribution in [0.1, 0.15) is 29.0 Å². The zero-order chi connectivity index (χ0) is 12.5. The minimum Gasteiger partial charge on any atom is -0.462 e. The quantitative estimate of drug-likeness (QED) is 0.803. The summed E-state index contributed by atoms with van der Waals surface area (Å²) in [5.41, 5.74) is 2.35. The highest BCUT2D eigenvalue weighted by Crippen LogP contribution is 2.21. The zero-order valence-electron chi connectivity index (χ0n) is 10.2. The lowest BCUT2D eigenvalue weighted by Gasteiger charge is -2.24. The van der Waals surface area contributed by atoms with Crippen molar-refractivity contribution in [1.29, 1.82) is 0 Å². The molecule has 5 nitrogen and oxygen atoms in total. The molecule has 2 N–H and O–H groups in total. The van der Waals surface area contributed by atoms with Gasteiger partial charge in [0.15, 0.2) is 0 Å². The fraction of sp³-hybridized carbons (Fsp3) is 0.385. The van der Waals surface area contributed by atoms with Crippen LogP contribution in [0.3, 0.4) is 0 Å². The van der Waals surface area contributed by atoms with Crippen molar-refractivity contribution in [3.63, 3.8) is 0 Å². The summed E-state index contributed by atoms with van der Waals surface area (Å²) in [6, 6.07) is 5.41. The molecule has 94 valence electrons. The molecule has 3 rings (SSSR count). The maximum absolute atomic E-state index is 11.6. The third-order valence-corrected chi connectivity index (χ3v) is 3.18. The summed E-state index contributed by atoms with van der Waals surface area (Å²) in [7, 11) is 0. The standard InChI is InChI=1S/C13H15N3O2/c1-2-18-13(17)8-3-4-10-11(5-8)16-12(15-10)9-6-14-7-9/h3-5,9,14H,2,6-7H2,1H3,(H,15,16). The molecule has 0 atom stereocenters. The lowest BCUT2D eigenvalue weighted by atomic mass is 10.0. The lowest BCUT2D eigenvalue weighted by molar-refractivity contribution is 0.0526. The van der Waals surface area contributed by atoms with Crippen molar-refractivity contribution in [2.24, 2.45) is 0 Å². The van der Waals surface area contributed by atoms with Crippen molar-refractivity contribution in [3.8, 4) is 0 Å². The Morgan fingerprint density at radius 3 is 3.00 bits per heavy atom. The second kappa shape index (κ2) is 4.42. The van der Waals surface area contributed by atoms with Gasteiger partial charge in [0.1, 0.15) is 5.82 Å². The van der Waals surface area contributed by atoms with E-state index in [0.29, 0.717) is 18.1 Å². The number of aromatic nitrogens is 2. The van der Waals surface area contributed by atoms with E-state index in [2.05, 4.69) is 15.3 Å². The summed E-state index contributed by atoms with van der Waals surface area (Å²) < 4.78 is 4.98. The summed E-state index contributed by atoms with van der Waals surface area (Å²) >= 11 is 0. The van der Waals surface area contributed by atoms with Gasteiger partial charge in [-0.2, -0.15) is 0 Å². The van der Waals surface area contributed by atoms with Crippen LogP contribution in [0, 0.1) is 0 Å². The number of carbonyl (C=O) groups excluding carboxylic acids is 1. The van der Waals surface area contributed by atoms with Gasteiger partial charge in [-0.1, -0.05) is 0 Å².